The number of ether oxygens (including phenoxy) is 1. The summed E-state index contributed by atoms with van der Waals surface area (Å²) >= 11 is 0. The van der Waals surface area contributed by atoms with Gasteiger partial charge in [0.05, 0.1) is 0 Å². The molecular weight excluding hydrogens is 186 g/mol. The van der Waals surface area contributed by atoms with Crippen molar-refractivity contribution in [3.05, 3.63) is 29.8 Å². The van der Waals surface area contributed by atoms with Gasteiger partial charge in [-0.25, -0.2) is 0 Å². The molecule has 0 radical (unpaired) electrons. The van der Waals surface area contributed by atoms with Crippen molar-refractivity contribution < 1.29 is 4.74 Å². The first-order valence-corrected chi connectivity index (χ1v) is 5.76. The van der Waals surface area contributed by atoms with Gasteiger partial charge in [-0.05, 0) is 32.3 Å². The van der Waals surface area contributed by atoms with E-state index in [0.29, 0.717) is 5.92 Å². The summed E-state index contributed by atoms with van der Waals surface area (Å²) in [6.07, 6.45) is 3.60. The molecule has 1 spiro atoms. The van der Waals surface area contributed by atoms with Crippen LogP contribution in [0.15, 0.2) is 24.3 Å². The first-order chi connectivity index (χ1) is 7.23. The highest BCUT2D eigenvalue weighted by atomic mass is 16.5. The van der Waals surface area contributed by atoms with Crippen LogP contribution >= 0.6 is 0 Å². The Morgan fingerprint density at radius 1 is 1.40 bits per heavy atom. The number of hydrogen-bond donors (Lipinski definition) is 1. The SMILES string of the molecule is CC(N)C1c2ccccc2OC12CCC2. The van der Waals surface area contributed by atoms with Gasteiger partial charge < -0.3 is 10.5 Å². The monoisotopic (exact) mass is 203 g/mol. The van der Waals surface area contributed by atoms with Gasteiger partial charge in [0.15, 0.2) is 0 Å². The smallest absolute Gasteiger partial charge is 0.123 e. The van der Waals surface area contributed by atoms with Gasteiger partial charge in [-0.1, -0.05) is 18.2 Å². The summed E-state index contributed by atoms with van der Waals surface area (Å²) in [5.74, 6) is 1.45. The van der Waals surface area contributed by atoms with Gasteiger partial charge in [0, 0.05) is 17.5 Å². The summed E-state index contributed by atoms with van der Waals surface area (Å²) in [5, 5.41) is 0. The molecule has 1 aromatic carbocycles. The molecule has 0 aromatic heterocycles. The molecule has 1 fully saturated rings. The standard InChI is InChI=1S/C13H17NO/c1-9(14)12-10-5-2-3-6-11(10)15-13(12)7-4-8-13/h2-3,5-6,9,12H,4,7-8,14H2,1H3. The Morgan fingerprint density at radius 2 is 2.13 bits per heavy atom. The predicted molar refractivity (Wildman–Crippen MR) is 60.0 cm³/mol. The molecule has 1 aliphatic heterocycles. The van der Waals surface area contributed by atoms with Crippen molar-refractivity contribution in [1.29, 1.82) is 0 Å². The molecule has 1 heterocycles. The van der Waals surface area contributed by atoms with Crippen molar-refractivity contribution in [3.8, 4) is 5.75 Å². The average molecular weight is 203 g/mol. The van der Waals surface area contributed by atoms with Crippen LogP contribution in [0, 0.1) is 0 Å². The molecule has 1 aromatic rings. The van der Waals surface area contributed by atoms with E-state index in [9.17, 15) is 0 Å². The van der Waals surface area contributed by atoms with Crippen LogP contribution in [-0.2, 0) is 0 Å². The van der Waals surface area contributed by atoms with Gasteiger partial charge in [-0.2, -0.15) is 0 Å². The number of hydrogen-bond acceptors (Lipinski definition) is 2. The molecule has 2 heteroatoms. The fourth-order valence-electron chi connectivity index (χ4n) is 3.10. The molecule has 0 amide bonds. The third-order valence-corrected chi connectivity index (χ3v) is 3.86. The molecule has 2 atom stereocenters. The number of nitrogens with two attached hydrogens (primary N) is 1. The minimum atomic E-state index is 0.0395. The van der Waals surface area contributed by atoms with Crippen LogP contribution in [0.4, 0.5) is 0 Å². The minimum absolute atomic E-state index is 0.0395. The van der Waals surface area contributed by atoms with Crippen molar-refractivity contribution in [3.63, 3.8) is 0 Å². The highest BCUT2D eigenvalue weighted by Crippen LogP contribution is 2.55. The van der Waals surface area contributed by atoms with Crippen molar-refractivity contribution in [1.82, 2.24) is 0 Å². The maximum atomic E-state index is 6.12. The van der Waals surface area contributed by atoms with E-state index in [-0.39, 0.29) is 11.6 Å². The van der Waals surface area contributed by atoms with Crippen LogP contribution in [-0.4, -0.2) is 11.6 Å². The van der Waals surface area contributed by atoms with Crippen molar-refractivity contribution in [2.45, 2.75) is 43.7 Å². The Balaban J connectivity index is 2.06. The maximum Gasteiger partial charge on any atom is 0.123 e. The molecule has 15 heavy (non-hydrogen) atoms. The third kappa shape index (κ3) is 1.14. The molecule has 2 unspecified atom stereocenters. The summed E-state index contributed by atoms with van der Waals surface area (Å²) in [5.41, 5.74) is 7.47. The molecule has 80 valence electrons. The maximum absolute atomic E-state index is 6.12. The van der Waals surface area contributed by atoms with Crippen LogP contribution < -0.4 is 10.5 Å². The molecule has 1 aliphatic carbocycles. The lowest BCUT2D eigenvalue weighted by Crippen LogP contribution is -2.50. The second kappa shape index (κ2) is 2.99. The first-order valence-electron chi connectivity index (χ1n) is 5.76. The molecule has 0 bridgehead atoms. The lowest BCUT2D eigenvalue weighted by atomic mass is 9.68. The summed E-state index contributed by atoms with van der Waals surface area (Å²) in [7, 11) is 0. The van der Waals surface area contributed by atoms with Crippen LogP contribution in [0.1, 0.15) is 37.7 Å². The average Bonchev–Trinajstić information content (AvgIpc) is 2.51. The predicted octanol–water partition coefficient (Wildman–Crippen LogP) is 2.43. The van der Waals surface area contributed by atoms with Gasteiger partial charge in [0.1, 0.15) is 11.4 Å². The zero-order chi connectivity index (χ0) is 10.5. The van der Waals surface area contributed by atoms with Crippen molar-refractivity contribution in [2.24, 2.45) is 5.73 Å². The fraction of sp³-hybridized carbons (Fsp3) is 0.538. The quantitative estimate of drug-likeness (QED) is 0.760. The molecule has 1 saturated carbocycles. The molecule has 2 aliphatic rings. The summed E-state index contributed by atoms with van der Waals surface area (Å²) in [6.45, 7) is 2.09. The number of rotatable bonds is 1. The van der Waals surface area contributed by atoms with E-state index in [1.54, 1.807) is 0 Å². The van der Waals surface area contributed by atoms with Crippen LogP contribution in [0.25, 0.3) is 0 Å². The van der Waals surface area contributed by atoms with Crippen molar-refractivity contribution in [2.75, 3.05) is 0 Å². The van der Waals surface area contributed by atoms with E-state index in [1.165, 1.54) is 12.0 Å². The Kier molecular flexibility index (Phi) is 1.84. The van der Waals surface area contributed by atoms with Gasteiger partial charge in [0.2, 0.25) is 0 Å². The number of benzene rings is 1. The van der Waals surface area contributed by atoms with Gasteiger partial charge in [-0.15, -0.1) is 0 Å². The lowest BCUT2D eigenvalue weighted by molar-refractivity contribution is -0.0140. The lowest BCUT2D eigenvalue weighted by Gasteiger charge is -2.43. The van der Waals surface area contributed by atoms with E-state index in [2.05, 4.69) is 25.1 Å². The second-order valence-electron chi connectivity index (χ2n) is 4.90. The fourth-order valence-corrected chi connectivity index (χ4v) is 3.10. The zero-order valence-corrected chi connectivity index (χ0v) is 9.07. The second-order valence-corrected chi connectivity index (χ2v) is 4.90. The Bertz CT molecular complexity index is 382. The summed E-state index contributed by atoms with van der Waals surface area (Å²) in [6, 6.07) is 8.52. The molecule has 2 nitrogen and oxygen atoms in total. The summed E-state index contributed by atoms with van der Waals surface area (Å²) in [4.78, 5) is 0. The summed E-state index contributed by atoms with van der Waals surface area (Å²) < 4.78 is 6.12. The van der Waals surface area contributed by atoms with Gasteiger partial charge in [0.25, 0.3) is 0 Å². The van der Waals surface area contributed by atoms with Crippen LogP contribution in [0.3, 0.4) is 0 Å². The highest BCUT2D eigenvalue weighted by molar-refractivity contribution is 5.45. The largest absolute Gasteiger partial charge is 0.486 e. The topological polar surface area (TPSA) is 35.2 Å². The highest BCUT2D eigenvalue weighted by Gasteiger charge is 2.53. The van der Waals surface area contributed by atoms with E-state index < -0.39 is 0 Å². The number of fused-ring (bicyclic) bond motifs is 1. The molecular formula is C13H17NO. The van der Waals surface area contributed by atoms with Crippen LogP contribution in [0.2, 0.25) is 0 Å². The number of para-hydroxylation sites is 1. The van der Waals surface area contributed by atoms with E-state index >= 15 is 0 Å². The van der Waals surface area contributed by atoms with E-state index in [4.69, 9.17) is 10.5 Å². The normalized spacial score (nSPS) is 28.0. The Morgan fingerprint density at radius 3 is 2.73 bits per heavy atom. The Hall–Kier alpha value is -1.02. The zero-order valence-electron chi connectivity index (χ0n) is 9.07. The van der Waals surface area contributed by atoms with Gasteiger partial charge in [-0.3, -0.25) is 0 Å². The molecule has 3 rings (SSSR count). The van der Waals surface area contributed by atoms with E-state index in [1.807, 2.05) is 6.07 Å². The first kappa shape index (κ1) is 9.22. The molecule has 0 saturated heterocycles. The van der Waals surface area contributed by atoms with Gasteiger partial charge >= 0.3 is 0 Å². The van der Waals surface area contributed by atoms with E-state index in [0.717, 1.165) is 18.6 Å². The third-order valence-electron chi connectivity index (χ3n) is 3.86. The van der Waals surface area contributed by atoms with Crippen molar-refractivity contribution >= 4 is 0 Å². The molecule has 2 N–H and O–H groups in total. The Labute approximate surface area is 90.4 Å². The minimum Gasteiger partial charge on any atom is -0.486 e. The van der Waals surface area contributed by atoms with Crippen LogP contribution in [0.5, 0.6) is 5.75 Å².